The summed E-state index contributed by atoms with van der Waals surface area (Å²) in [5.74, 6) is 0. The molecule has 0 aromatic rings. The summed E-state index contributed by atoms with van der Waals surface area (Å²) in [6.07, 6.45) is 0. The number of rotatable bonds is 0. The van der Waals surface area contributed by atoms with E-state index < -0.39 is 20.8 Å². The van der Waals surface area contributed by atoms with Crippen LogP contribution in [0.1, 0.15) is 0 Å². The van der Waals surface area contributed by atoms with Gasteiger partial charge in [0.05, 0.1) is 0 Å². The molecule has 0 aliphatic heterocycles. The Bertz CT molecular complexity index is 249. The van der Waals surface area contributed by atoms with Gasteiger partial charge in [-0.25, -0.2) is 0 Å². The summed E-state index contributed by atoms with van der Waals surface area (Å²) in [5.41, 5.74) is 0. The van der Waals surface area contributed by atoms with E-state index in [1.807, 2.05) is 0 Å². The Morgan fingerprint density at radius 2 is 0.524 bits per heavy atom. The molecular weight excluding hydrogens is 390 g/mol. The smallest absolute Gasteiger partial charge is 0.734 e. The van der Waals surface area contributed by atoms with Gasteiger partial charge in [-0.15, -0.1) is 0 Å². The Labute approximate surface area is 137 Å². The summed E-state index contributed by atoms with van der Waals surface area (Å²) in [4.78, 5) is 0. The Kier molecular flexibility index (Phi) is 66.3. The molecule has 0 aliphatic carbocycles. The maximum absolute atomic E-state index is 8.74. The summed E-state index contributed by atoms with van der Waals surface area (Å²) in [6.45, 7) is 0. The summed E-state index contributed by atoms with van der Waals surface area (Å²) in [7, 11) is -9.33. The van der Waals surface area contributed by atoms with E-state index in [4.69, 9.17) is 66.6 Å². The summed E-state index contributed by atoms with van der Waals surface area (Å²) >= 11 is 0. The molecule has 0 unspecified atom stereocenters. The molecule has 21 heteroatoms. The average Bonchev–Trinajstić information content (AvgIpc) is 1.99. The fourth-order valence-corrected chi connectivity index (χ4v) is 0. The van der Waals surface area contributed by atoms with Crippen LogP contribution < -0.4 is 31.5 Å². The molecule has 4 N–H and O–H groups in total. The van der Waals surface area contributed by atoms with Crippen LogP contribution in [-0.2, 0) is 35.9 Å². The molecule has 0 amide bonds. The van der Waals surface area contributed by atoms with Gasteiger partial charge in [-0.2, -0.15) is 16.8 Å². The van der Waals surface area contributed by atoms with Gasteiger partial charge >= 0.3 is 55.5 Å². The largest absolute Gasteiger partial charge is 3.00 e. The van der Waals surface area contributed by atoms with Gasteiger partial charge in [0.15, 0.2) is 0 Å². The first-order valence-corrected chi connectivity index (χ1v) is 5.19. The zero-order valence-electron chi connectivity index (χ0n) is 9.07. The van der Waals surface area contributed by atoms with Crippen molar-refractivity contribution in [2.45, 2.75) is 0 Å². The van der Waals surface area contributed by atoms with Crippen molar-refractivity contribution in [2.75, 3.05) is 0 Å². The van der Waals surface area contributed by atoms with Crippen LogP contribution in [0.25, 0.3) is 0 Å². The van der Waals surface area contributed by atoms with Crippen LogP contribution in [0.2, 0.25) is 0 Å². The second-order valence-electron chi connectivity index (χ2n) is 1.10. The van der Waals surface area contributed by atoms with Gasteiger partial charge in [0.25, 0.3) is 0 Å². The minimum absolute atomic E-state index is 0. The van der Waals surface area contributed by atoms with E-state index in [2.05, 4.69) is 0 Å². The van der Waals surface area contributed by atoms with E-state index in [-0.39, 0.29) is 34.7 Å². The zero-order chi connectivity index (χ0) is 17.1. The second kappa shape index (κ2) is 32.4. The molecule has 0 saturated heterocycles. The van der Waals surface area contributed by atoms with E-state index in [9.17, 15) is 0 Å². The van der Waals surface area contributed by atoms with Crippen molar-refractivity contribution in [1.82, 2.24) is 0 Å². The fourth-order valence-electron chi connectivity index (χ4n) is 0. The van der Waals surface area contributed by atoms with E-state index in [1.165, 1.54) is 0 Å². The third-order valence-electron chi connectivity index (χ3n) is 0. The molecule has 0 aliphatic rings. The number of hydrogen-bond donors (Lipinski definition) is 4. The summed E-state index contributed by atoms with van der Waals surface area (Å²) in [5, 5.41) is 52.5. The summed E-state index contributed by atoms with van der Waals surface area (Å²) < 4.78 is 63.2. The molecule has 0 rings (SSSR count). The molecule has 21 heavy (non-hydrogen) atoms. The molecule has 17 nitrogen and oxygen atoms in total. The van der Waals surface area contributed by atoms with E-state index in [0.29, 0.717) is 0 Å². The monoisotopic (exact) mass is 394 g/mol. The quantitative estimate of drug-likeness (QED) is 0.128. The van der Waals surface area contributed by atoms with Crippen LogP contribution in [0.4, 0.5) is 0 Å². The van der Waals surface area contributed by atoms with Crippen LogP contribution >= 0.6 is 0 Å². The van der Waals surface area contributed by atoms with Gasteiger partial charge in [0, 0.05) is 0 Å². The SMILES string of the molecule is O=S(=O)(O)O.O=S(=O)(O)O.[Al+3].[Al+3].[O-]O[O-].[O-]O[O-].[O-]O[O-]. The Balaban J connectivity index is -0.0000000233. The molecule has 0 atom stereocenters. The van der Waals surface area contributed by atoms with Gasteiger partial charge < -0.3 is 46.7 Å². The van der Waals surface area contributed by atoms with Crippen LogP contribution in [0, 0.1) is 0 Å². The minimum atomic E-state index is -4.67. The van der Waals surface area contributed by atoms with Gasteiger partial charge in [-0.05, 0) is 0 Å². The van der Waals surface area contributed by atoms with Crippen molar-refractivity contribution in [3.8, 4) is 0 Å². The van der Waals surface area contributed by atoms with Crippen LogP contribution in [-0.4, -0.2) is 69.8 Å². The van der Waals surface area contributed by atoms with Crippen molar-refractivity contribution in [1.29, 1.82) is 0 Å². The molecule has 0 saturated carbocycles. The van der Waals surface area contributed by atoms with Crippen LogP contribution in [0.3, 0.4) is 0 Å². The van der Waals surface area contributed by atoms with Gasteiger partial charge in [0.1, 0.15) is 0 Å². The van der Waals surface area contributed by atoms with Gasteiger partial charge in [-0.3, -0.25) is 18.2 Å². The molecular formula is H4Al2O17S2. The van der Waals surface area contributed by atoms with Crippen molar-refractivity contribution >= 4 is 55.5 Å². The third-order valence-corrected chi connectivity index (χ3v) is 0. The van der Waals surface area contributed by atoms with Gasteiger partial charge in [-0.1, -0.05) is 0 Å². The minimum Gasteiger partial charge on any atom is -0.734 e. The van der Waals surface area contributed by atoms with Crippen molar-refractivity contribution < 1.29 is 81.7 Å². The standard InChI is InChI=1S/2Al.2H2O4S.3H2O3/c;;2*1-5(2,3)4;3*1-3-2/h;;2*(H2,1,2,3,4);3*1-2H/q2*+3;;;;;/p-6. The number of hydrogen-bond acceptors (Lipinski definition) is 13. The first-order chi connectivity index (χ1) is 8.24. The zero-order valence-corrected chi connectivity index (χ0v) is 13.0. The Morgan fingerprint density at radius 3 is 0.524 bits per heavy atom. The molecule has 0 aromatic carbocycles. The van der Waals surface area contributed by atoms with Gasteiger partial charge in [0.2, 0.25) is 0 Å². The van der Waals surface area contributed by atoms with Crippen molar-refractivity contribution in [2.24, 2.45) is 0 Å². The van der Waals surface area contributed by atoms with E-state index in [1.54, 1.807) is 15.1 Å². The Morgan fingerprint density at radius 1 is 0.524 bits per heavy atom. The molecule has 124 valence electrons. The molecule has 0 heterocycles. The molecule has 0 bridgehead atoms. The summed E-state index contributed by atoms with van der Waals surface area (Å²) in [6, 6.07) is 0. The molecule has 0 radical (unpaired) electrons. The second-order valence-corrected chi connectivity index (χ2v) is 2.89. The van der Waals surface area contributed by atoms with Crippen LogP contribution in [0.5, 0.6) is 0 Å². The van der Waals surface area contributed by atoms with Crippen molar-refractivity contribution in [3.63, 3.8) is 0 Å². The first-order valence-electron chi connectivity index (χ1n) is 2.40. The van der Waals surface area contributed by atoms with Crippen LogP contribution in [0.15, 0.2) is 0 Å². The van der Waals surface area contributed by atoms with E-state index in [0.717, 1.165) is 0 Å². The molecule has 0 aromatic heterocycles. The third kappa shape index (κ3) is 35100. The maximum atomic E-state index is 8.74. The Hall–Kier alpha value is 0.445. The predicted molar refractivity (Wildman–Crippen MR) is 43.1 cm³/mol. The average molecular weight is 394 g/mol. The maximum Gasteiger partial charge on any atom is 3.00 e. The topological polar surface area (TPSA) is 315 Å². The fraction of sp³-hybridized carbons (Fsp3) is 0. The van der Waals surface area contributed by atoms with E-state index >= 15 is 0 Å². The van der Waals surface area contributed by atoms with Crippen molar-refractivity contribution in [3.05, 3.63) is 0 Å². The molecule has 0 fully saturated rings. The predicted octanol–water partition coefficient (Wildman–Crippen LogP) is -9.41. The molecule has 0 spiro atoms. The first kappa shape index (κ1) is 43.0. The normalized spacial score (nSPS) is 8.10.